The molecule has 0 bridgehead atoms. The highest BCUT2D eigenvalue weighted by atomic mass is 16.2. The molecule has 0 saturated carbocycles. The molecule has 1 aromatic heterocycles. The Morgan fingerprint density at radius 3 is 2.81 bits per heavy atom. The van der Waals surface area contributed by atoms with Gasteiger partial charge in [0.25, 0.3) is 5.56 Å². The summed E-state index contributed by atoms with van der Waals surface area (Å²) in [4.78, 5) is 52.3. The number of benzene rings is 1. The maximum atomic E-state index is 12.6. The Morgan fingerprint density at radius 1 is 1.26 bits per heavy atom. The van der Waals surface area contributed by atoms with Crippen molar-refractivity contribution in [2.45, 2.75) is 45.2 Å². The normalized spacial score (nSPS) is 17.1. The van der Waals surface area contributed by atoms with Gasteiger partial charge in [0.05, 0.1) is 10.9 Å². The van der Waals surface area contributed by atoms with E-state index in [9.17, 15) is 19.2 Å². The maximum Gasteiger partial charge on any atom is 0.328 e. The quantitative estimate of drug-likeness (QED) is 0.802. The van der Waals surface area contributed by atoms with Gasteiger partial charge in [-0.1, -0.05) is 19.1 Å². The van der Waals surface area contributed by atoms with E-state index in [1.807, 2.05) is 0 Å². The minimum Gasteiger partial charge on any atom is -0.352 e. The number of fused-ring (bicyclic) bond motifs is 1. The number of H-pyrrole nitrogens is 1. The molecule has 2 heterocycles. The van der Waals surface area contributed by atoms with Gasteiger partial charge >= 0.3 is 5.69 Å². The number of carbonyl (C=O) groups excluding carboxylic acids is 2. The van der Waals surface area contributed by atoms with Gasteiger partial charge in [0.15, 0.2) is 0 Å². The highest BCUT2D eigenvalue weighted by Crippen LogP contribution is 2.13. The number of amides is 2. The number of nitrogens with zero attached hydrogens (tertiary/aromatic N) is 2. The number of hydrogen-bond donors (Lipinski definition) is 2. The molecule has 8 nitrogen and oxygen atoms in total. The first-order valence-corrected chi connectivity index (χ1v) is 9.28. The monoisotopic (exact) mass is 372 g/mol. The number of hydrogen-bond acceptors (Lipinski definition) is 4. The predicted octanol–water partition coefficient (Wildman–Crippen LogP) is 0.597. The fourth-order valence-electron chi connectivity index (χ4n) is 3.48. The number of rotatable bonds is 5. The summed E-state index contributed by atoms with van der Waals surface area (Å²) in [5.74, 6) is -0.0758. The summed E-state index contributed by atoms with van der Waals surface area (Å²) in [7, 11) is 0. The van der Waals surface area contributed by atoms with Crippen LogP contribution in [0.5, 0.6) is 0 Å². The molecule has 8 heteroatoms. The van der Waals surface area contributed by atoms with Crippen LogP contribution in [0, 0.1) is 0 Å². The smallest absolute Gasteiger partial charge is 0.328 e. The summed E-state index contributed by atoms with van der Waals surface area (Å²) >= 11 is 0. The molecule has 2 N–H and O–H groups in total. The number of nitrogens with one attached hydrogen (secondary N) is 2. The van der Waals surface area contributed by atoms with Gasteiger partial charge in [0.1, 0.15) is 0 Å². The Kier molecular flexibility index (Phi) is 5.73. The largest absolute Gasteiger partial charge is 0.352 e. The average molecular weight is 372 g/mol. The molecule has 0 radical (unpaired) electrons. The van der Waals surface area contributed by atoms with Gasteiger partial charge in [-0.15, -0.1) is 0 Å². The summed E-state index contributed by atoms with van der Waals surface area (Å²) in [6, 6.07) is 6.82. The molecule has 144 valence electrons. The van der Waals surface area contributed by atoms with Crippen LogP contribution in [0.4, 0.5) is 0 Å². The van der Waals surface area contributed by atoms with Crippen molar-refractivity contribution in [1.82, 2.24) is 19.8 Å². The predicted molar refractivity (Wildman–Crippen MR) is 101 cm³/mol. The summed E-state index contributed by atoms with van der Waals surface area (Å²) in [5, 5.41) is 3.36. The van der Waals surface area contributed by atoms with Crippen molar-refractivity contribution in [3.05, 3.63) is 45.1 Å². The van der Waals surface area contributed by atoms with E-state index in [-0.39, 0.29) is 30.8 Å². The molecule has 0 unspecified atom stereocenters. The standard InChI is InChI=1S/C19H24N4O4/c1-2-16(24)20-13-6-5-10-22(12-13)17(25)9-11-23-15-8-4-3-7-14(15)18(26)21-19(23)27/h3-4,7-8,13H,2,5-6,9-12H2,1H3,(H,20,24)(H,21,26,27)/t13-/m0/s1. The summed E-state index contributed by atoms with van der Waals surface area (Å²) < 4.78 is 1.43. The first-order chi connectivity index (χ1) is 13.0. The molecule has 1 saturated heterocycles. The van der Waals surface area contributed by atoms with Crippen LogP contribution >= 0.6 is 0 Å². The fraction of sp³-hybridized carbons (Fsp3) is 0.474. The van der Waals surface area contributed by atoms with E-state index in [1.54, 1.807) is 36.1 Å². The fourth-order valence-corrected chi connectivity index (χ4v) is 3.48. The lowest BCUT2D eigenvalue weighted by molar-refractivity contribution is -0.133. The lowest BCUT2D eigenvalue weighted by atomic mass is 10.1. The van der Waals surface area contributed by atoms with Crippen molar-refractivity contribution in [2.75, 3.05) is 13.1 Å². The minimum atomic E-state index is -0.516. The lowest BCUT2D eigenvalue weighted by Crippen LogP contribution is -2.49. The number of piperidine rings is 1. The highest BCUT2D eigenvalue weighted by molar-refractivity contribution is 5.79. The number of likely N-dealkylation sites (tertiary alicyclic amines) is 1. The van der Waals surface area contributed by atoms with Crippen LogP contribution in [0.1, 0.15) is 32.6 Å². The Balaban J connectivity index is 1.69. The Bertz CT molecular complexity index is 962. The van der Waals surface area contributed by atoms with Crippen molar-refractivity contribution in [2.24, 2.45) is 0 Å². The van der Waals surface area contributed by atoms with Gasteiger partial charge < -0.3 is 10.2 Å². The summed E-state index contributed by atoms with van der Waals surface area (Å²) in [5.41, 5.74) is -0.423. The molecule has 1 aromatic carbocycles. The van der Waals surface area contributed by atoms with E-state index < -0.39 is 11.2 Å². The molecule has 27 heavy (non-hydrogen) atoms. The summed E-state index contributed by atoms with van der Waals surface area (Å²) in [6.45, 7) is 3.13. The van der Waals surface area contributed by atoms with Crippen molar-refractivity contribution in [3.63, 3.8) is 0 Å². The molecular weight excluding hydrogens is 348 g/mol. The molecule has 2 amide bonds. The van der Waals surface area contributed by atoms with Gasteiger partial charge in [-0.2, -0.15) is 0 Å². The van der Waals surface area contributed by atoms with Gasteiger partial charge in [0, 0.05) is 38.5 Å². The molecule has 0 spiro atoms. The van der Waals surface area contributed by atoms with Crippen molar-refractivity contribution in [3.8, 4) is 0 Å². The second-order valence-electron chi connectivity index (χ2n) is 6.78. The van der Waals surface area contributed by atoms with Crippen LogP contribution < -0.4 is 16.6 Å². The molecule has 0 aliphatic carbocycles. The number of para-hydroxylation sites is 1. The summed E-state index contributed by atoms with van der Waals surface area (Å²) in [6.07, 6.45) is 2.28. The first-order valence-electron chi connectivity index (χ1n) is 9.28. The minimum absolute atomic E-state index is 0.0134. The molecule has 1 fully saturated rings. The second kappa shape index (κ2) is 8.20. The van der Waals surface area contributed by atoms with Crippen LogP contribution in [-0.4, -0.2) is 45.4 Å². The van der Waals surface area contributed by atoms with E-state index in [4.69, 9.17) is 0 Å². The van der Waals surface area contributed by atoms with Gasteiger partial charge in [-0.05, 0) is 25.0 Å². The van der Waals surface area contributed by atoms with E-state index >= 15 is 0 Å². The highest BCUT2D eigenvalue weighted by Gasteiger charge is 2.24. The first kappa shape index (κ1) is 18.9. The lowest BCUT2D eigenvalue weighted by Gasteiger charge is -2.33. The number of carbonyl (C=O) groups is 2. The third-order valence-electron chi connectivity index (χ3n) is 4.91. The van der Waals surface area contributed by atoms with Gasteiger partial charge in [-0.3, -0.25) is 23.9 Å². The van der Waals surface area contributed by atoms with E-state index in [0.29, 0.717) is 30.4 Å². The van der Waals surface area contributed by atoms with Gasteiger partial charge in [-0.25, -0.2) is 4.79 Å². The van der Waals surface area contributed by atoms with Crippen LogP contribution in [0.25, 0.3) is 10.9 Å². The van der Waals surface area contributed by atoms with Crippen molar-refractivity contribution < 1.29 is 9.59 Å². The number of aryl methyl sites for hydroxylation is 1. The Labute approximate surface area is 156 Å². The van der Waals surface area contributed by atoms with Gasteiger partial charge in [0.2, 0.25) is 11.8 Å². The molecule has 2 aromatic rings. The van der Waals surface area contributed by atoms with E-state index in [2.05, 4.69) is 10.3 Å². The van der Waals surface area contributed by atoms with Crippen molar-refractivity contribution in [1.29, 1.82) is 0 Å². The van der Waals surface area contributed by atoms with E-state index in [1.165, 1.54) is 4.57 Å². The third-order valence-corrected chi connectivity index (χ3v) is 4.91. The van der Waals surface area contributed by atoms with Crippen LogP contribution in [0.15, 0.2) is 33.9 Å². The zero-order valence-corrected chi connectivity index (χ0v) is 15.4. The molecule has 1 aliphatic heterocycles. The van der Waals surface area contributed by atoms with Crippen LogP contribution in [-0.2, 0) is 16.1 Å². The topological polar surface area (TPSA) is 104 Å². The zero-order chi connectivity index (χ0) is 19.4. The van der Waals surface area contributed by atoms with Crippen LogP contribution in [0.2, 0.25) is 0 Å². The number of aromatic amines is 1. The average Bonchev–Trinajstić information content (AvgIpc) is 2.67. The molecular formula is C19H24N4O4. The molecule has 1 aliphatic rings. The Hall–Kier alpha value is -2.90. The third kappa shape index (κ3) is 4.27. The van der Waals surface area contributed by atoms with E-state index in [0.717, 1.165) is 12.8 Å². The zero-order valence-electron chi connectivity index (χ0n) is 15.4. The molecule has 1 atom stereocenters. The SMILES string of the molecule is CCC(=O)N[C@H]1CCCN(C(=O)CCn2c(=O)[nH]c(=O)c3ccccc32)C1. The molecule has 3 rings (SSSR count). The maximum absolute atomic E-state index is 12.6. The second-order valence-corrected chi connectivity index (χ2v) is 6.78. The number of aromatic nitrogens is 2. The van der Waals surface area contributed by atoms with Crippen LogP contribution in [0.3, 0.4) is 0 Å². The van der Waals surface area contributed by atoms with Crippen molar-refractivity contribution >= 4 is 22.7 Å². The Morgan fingerprint density at radius 2 is 2.04 bits per heavy atom.